The number of H-pyrrole nitrogens is 1. The predicted molar refractivity (Wildman–Crippen MR) is 103 cm³/mol. The van der Waals surface area contributed by atoms with Crippen LogP contribution in [-0.4, -0.2) is 36.0 Å². The van der Waals surface area contributed by atoms with Crippen molar-refractivity contribution in [2.75, 3.05) is 0 Å². The third-order valence-electron chi connectivity index (χ3n) is 5.12. The number of allylic oxidation sites excluding steroid dienone is 2. The molecule has 0 unspecified atom stereocenters. The van der Waals surface area contributed by atoms with Crippen LogP contribution in [0, 0.1) is 6.92 Å². The molecule has 1 aromatic carbocycles. The maximum atomic E-state index is 12.9. The minimum atomic E-state index is -0.228. The number of carbonyl (C=O) groups is 2. The number of ketones is 2. The second-order valence-corrected chi connectivity index (χ2v) is 6.83. The fraction of sp³-hybridized carbons (Fsp3) is 0.143. The van der Waals surface area contributed by atoms with E-state index in [0.29, 0.717) is 39.4 Å². The van der Waals surface area contributed by atoms with Gasteiger partial charge in [0.15, 0.2) is 17.2 Å². The Hall–Kier alpha value is -3.58. The molecule has 1 aliphatic carbocycles. The lowest BCUT2D eigenvalue weighted by molar-refractivity contribution is -0.119. The lowest BCUT2D eigenvalue weighted by atomic mass is 9.98. The zero-order chi connectivity index (χ0) is 19.4. The molecule has 5 rings (SSSR count). The third-order valence-corrected chi connectivity index (χ3v) is 5.12. The van der Waals surface area contributed by atoms with Gasteiger partial charge in [0, 0.05) is 34.4 Å². The van der Waals surface area contributed by atoms with Crippen LogP contribution >= 0.6 is 0 Å². The summed E-state index contributed by atoms with van der Waals surface area (Å²) in [7, 11) is 0. The number of benzene rings is 1. The highest BCUT2D eigenvalue weighted by atomic mass is 16.3. The van der Waals surface area contributed by atoms with E-state index in [1.54, 1.807) is 29.9 Å². The number of nitrogens with zero attached hydrogens (tertiary/aromatic N) is 3. The SMILES string of the molecule is Cc1nc2cnc(CO)cn2c1C1=C(c2c[nH]c3ccccc23)C(=O)CC1=O. The van der Waals surface area contributed by atoms with Gasteiger partial charge in [0.2, 0.25) is 0 Å². The number of imidazole rings is 1. The molecule has 0 radical (unpaired) electrons. The van der Waals surface area contributed by atoms with Crippen molar-refractivity contribution in [1.29, 1.82) is 0 Å². The van der Waals surface area contributed by atoms with E-state index in [1.807, 2.05) is 24.3 Å². The zero-order valence-corrected chi connectivity index (χ0v) is 15.1. The number of nitrogens with one attached hydrogen (secondary N) is 1. The van der Waals surface area contributed by atoms with Gasteiger partial charge in [0.05, 0.1) is 41.9 Å². The molecule has 7 nitrogen and oxygen atoms in total. The average molecular weight is 372 g/mol. The molecule has 0 spiro atoms. The molecule has 4 aromatic rings. The first-order valence-electron chi connectivity index (χ1n) is 8.90. The van der Waals surface area contributed by atoms with Gasteiger partial charge in [-0.25, -0.2) is 4.98 Å². The Morgan fingerprint density at radius 1 is 1.18 bits per heavy atom. The summed E-state index contributed by atoms with van der Waals surface area (Å²) in [6, 6.07) is 7.67. The van der Waals surface area contributed by atoms with Crippen LogP contribution < -0.4 is 0 Å². The monoisotopic (exact) mass is 372 g/mol. The molecule has 1 aliphatic rings. The zero-order valence-electron chi connectivity index (χ0n) is 15.1. The molecule has 138 valence electrons. The van der Waals surface area contributed by atoms with Crippen molar-refractivity contribution < 1.29 is 14.7 Å². The Morgan fingerprint density at radius 3 is 2.79 bits per heavy atom. The highest BCUT2D eigenvalue weighted by Gasteiger charge is 2.36. The van der Waals surface area contributed by atoms with E-state index in [4.69, 9.17) is 0 Å². The molecule has 3 aromatic heterocycles. The van der Waals surface area contributed by atoms with Gasteiger partial charge < -0.3 is 10.1 Å². The minimum Gasteiger partial charge on any atom is -0.390 e. The lowest BCUT2D eigenvalue weighted by Gasteiger charge is -2.07. The molecule has 0 aliphatic heterocycles. The summed E-state index contributed by atoms with van der Waals surface area (Å²) in [5.74, 6) is -0.423. The number of aromatic amines is 1. The van der Waals surface area contributed by atoms with Crippen molar-refractivity contribution in [3.63, 3.8) is 0 Å². The number of Topliss-reactive ketones (excluding diaryl/α,β-unsaturated/α-hetero) is 2. The van der Waals surface area contributed by atoms with Crippen LogP contribution in [-0.2, 0) is 16.2 Å². The molecular formula is C21H16N4O3. The number of aliphatic hydroxyl groups is 1. The van der Waals surface area contributed by atoms with Gasteiger partial charge >= 0.3 is 0 Å². The summed E-state index contributed by atoms with van der Waals surface area (Å²) in [4.78, 5) is 37.5. The van der Waals surface area contributed by atoms with Crippen molar-refractivity contribution in [2.24, 2.45) is 0 Å². The van der Waals surface area contributed by atoms with Crippen LogP contribution in [0.2, 0.25) is 0 Å². The Balaban J connectivity index is 1.86. The van der Waals surface area contributed by atoms with Crippen LogP contribution in [0.3, 0.4) is 0 Å². The van der Waals surface area contributed by atoms with E-state index in [-0.39, 0.29) is 24.6 Å². The number of aliphatic hydroxyl groups excluding tert-OH is 1. The molecule has 2 N–H and O–H groups in total. The van der Waals surface area contributed by atoms with E-state index < -0.39 is 0 Å². The molecule has 7 heteroatoms. The minimum absolute atomic E-state index is 0.158. The van der Waals surface area contributed by atoms with E-state index in [1.165, 1.54) is 0 Å². The Kier molecular flexibility index (Phi) is 3.53. The number of hydrogen-bond acceptors (Lipinski definition) is 5. The first kappa shape index (κ1) is 16.6. The van der Waals surface area contributed by atoms with Gasteiger partial charge in [-0.2, -0.15) is 0 Å². The molecule has 0 atom stereocenters. The van der Waals surface area contributed by atoms with E-state index in [0.717, 1.165) is 10.9 Å². The third kappa shape index (κ3) is 2.26. The van der Waals surface area contributed by atoms with Crippen LogP contribution in [0.4, 0.5) is 0 Å². The Morgan fingerprint density at radius 2 is 1.96 bits per heavy atom. The summed E-state index contributed by atoms with van der Waals surface area (Å²) >= 11 is 0. The molecular weight excluding hydrogens is 356 g/mol. The highest BCUT2D eigenvalue weighted by molar-refractivity contribution is 6.51. The quantitative estimate of drug-likeness (QED) is 0.538. The summed E-state index contributed by atoms with van der Waals surface area (Å²) in [5, 5.41) is 10.3. The van der Waals surface area contributed by atoms with Gasteiger partial charge in [-0.3, -0.25) is 19.0 Å². The van der Waals surface area contributed by atoms with E-state index >= 15 is 0 Å². The molecule has 3 heterocycles. The molecule has 0 bridgehead atoms. The summed E-state index contributed by atoms with van der Waals surface area (Å²) < 4.78 is 1.73. The number of fused-ring (bicyclic) bond motifs is 2. The largest absolute Gasteiger partial charge is 0.390 e. The van der Waals surface area contributed by atoms with Crippen molar-refractivity contribution in [2.45, 2.75) is 20.0 Å². The highest BCUT2D eigenvalue weighted by Crippen LogP contribution is 2.39. The first-order chi connectivity index (χ1) is 13.6. The fourth-order valence-electron chi connectivity index (χ4n) is 3.91. The van der Waals surface area contributed by atoms with Crippen LogP contribution in [0.25, 0.3) is 27.7 Å². The van der Waals surface area contributed by atoms with Crippen molar-refractivity contribution in [1.82, 2.24) is 19.4 Å². The number of carbonyl (C=O) groups excluding carboxylic acids is 2. The normalized spacial score (nSPS) is 14.8. The predicted octanol–water partition coefficient (Wildman–Crippen LogP) is 2.46. The van der Waals surface area contributed by atoms with Crippen LogP contribution in [0.1, 0.15) is 29.1 Å². The maximum Gasteiger partial charge on any atom is 0.173 e. The fourth-order valence-corrected chi connectivity index (χ4v) is 3.91. The smallest absolute Gasteiger partial charge is 0.173 e. The van der Waals surface area contributed by atoms with Gasteiger partial charge in [-0.15, -0.1) is 0 Å². The first-order valence-corrected chi connectivity index (χ1v) is 8.90. The standard InChI is InChI=1S/C21H16N4O3/c1-11-21(25-9-12(10-26)22-8-18(25)24-11)20-17(28)6-16(27)19(20)14-7-23-15-5-3-2-4-13(14)15/h2-5,7-9,23,26H,6,10H2,1H3. The van der Waals surface area contributed by atoms with Crippen molar-refractivity contribution >= 4 is 39.3 Å². The Bertz CT molecular complexity index is 1330. The van der Waals surface area contributed by atoms with E-state index in [9.17, 15) is 14.7 Å². The van der Waals surface area contributed by atoms with Gasteiger partial charge in [-0.05, 0) is 13.0 Å². The molecule has 28 heavy (non-hydrogen) atoms. The number of para-hydroxylation sites is 1. The maximum absolute atomic E-state index is 12.9. The van der Waals surface area contributed by atoms with Crippen LogP contribution in [0.5, 0.6) is 0 Å². The summed E-state index contributed by atoms with van der Waals surface area (Å²) in [6.45, 7) is 1.57. The summed E-state index contributed by atoms with van der Waals surface area (Å²) in [6.07, 6.45) is 4.82. The number of aromatic nitrogens is 4. The van der Waals surface area contributed by atoms with Gasteiger partial charge in [0.25, 0.3) is 0 Å². The van der Waals surface area contributed by atoms with Crippen LogP contribution in [0.15, 0.2) is 42.9 Å². The average Bonchev–Trinajstić information content (AvgIpc) is 3.33. The van der Waals surface area contributed by atoms with Crippen molar-refractivity contribution in [3.05, 3.63) is 65.5 Å². The second-order valence-electron chi connectivity index (χ2n) is 6.83. The van der Waals surface area contributed by atoms with E-state index in [2.05, 4.69) is 15.0 Å². The summed E-state index contributed by atoms with van der Waals surface area (Å²) in [5.41, 5.74) is 4.62. The Labute approximate surface area is 159 Å². The van der Waals surface area contributed by atoms with Crippen molar-refractivity contribution in [3.8, 4) is 0 Å². The number of rotatable bonds is 3. The molecule has 0 saturated carbocycles. The lowest BCUT2D eigenvalue weighted by Crippen LogP contribution is -2.03. The van der Waals surface area contributed by atoms with Gasteiger partial charge in [-0.1, -0.05) is 18.2 Å². The topological polar surface area (TPSA) is 100 Å². The van der Waals surface area contributed by atoms with Gasteiger partial charge in [0.1, 0.15) is 0 Å². The number of hydrogen-bond donors (Lipinski definition) is 2. The number of aryl methyl sites for hydroxylation is 1. The molecule has 0 fully saturated rings. The molecule has 0 saturated heterocycles. The molecule has 0 amide bonds. The second kappa shape index (κ2) is 5.97.